The second-order valence-corrected chi connectivity index (χ2v) is 3.95. The smallest absolute Gasteiger partial charge is 0.126 e. The molecule has 4 heteroatoms. The van der Waals surface area contributed by atoms with Crippen LogP contribution in [-0.2, 0) is 11.2 Å². The molecule has 96 valence electrons. The van der Waals surface area contributed by atoms with Gasteiger partial charge >= 0.3 is 0 Å². The molecule has 0 fully saturated rings. The molecule has 0 radical (unpaired) electrons. The van der Waals surface area contributed by atoms with Crippen molar-refractivity contribution in [3.63, 3.8) is 0 Å². The molecule has 0 saturated heterocycles. The average molecular weight is 244 g/mol. The first-order valence-electron chi connectivity index (χ1n) is 5.81. The molecular weight excluding hydrogens is 226 g/mol. The number of hydrogen-bond donors (Lipinski definition) is 1. The lowest BCUT2D eigenvalue weighted by atomic mass is 10.0. The van der Waals surface area contributed by atoms with Crippen LogP contribution < -0.4 is 0 Å². The van der Waals surface area contributed by atoms with Gasteiger partial charge in [-0.1, -0.05) is 6.92 Å². The van der Waals surface area contributed by atoms with E-state index in [1.807, 2.05) is 13.8 Å². The van der Waals surface area contributed by atoms with Crippen LogP contribution in [0.1, 0.15) is 25.8 Å². The SMILES string of the molecule is CCOC(CC)C(O)Cc1cc(F)cc(F)c1. The van der Waals surface area contributed by atoms with Gasteiger partial charge in [-0.15, -0.1) is 0 Å². The maximum absolute atomic E-state index is 13.0. The maximum atomic E-state index is 13.0. The van der Waals surface area contributed by atoms with Gasteiger partial charge in [-0.25, -0.2) is 8.78 Å². The first kappa shape index (κ1) is 14.1. The molecule has 1 N–H and O–H groups in total. The quantitative estimate of drug-likeness (QED) is 0.833. The molecule has 0 heterocycles. The van der Waals surface area contributed by atoms with E-state index in [0.717, 1.165) is 6.07 Å². The van der Waals surface area contributed by atoms with Crippen LogP contribution in [0.25, 0.3) is 0 Å². The largest absolute Gasteiger partial charge is 0.390 e. The first-order valence-corrected chi connectivity index (χ1v) is 5.81. The molecule has 2 unspecified atom stereocenters. The topological polar surface area (TPSA) is 29.5 Å². The fraction of sp³-hybridized carbons (Fsp3) is 0.538. The van der Waals surface area contributed by atoms with Crippen molar-refractivity contribution in [1.29, 1.82) is 0 Å². The van der Waals surface area contributed by atoms with Crippen molar-refractivity contribution in [2.75, 3.05) is 6.61 Å². The summed E-state index contributed by atoms with van der Waals surface area (Å²) in [5.41, 5.74) is 0.438. The highest BCUT2D eigenvalue weighted by atomic mass is 19.1. The first-order chi connectivity index (χ1) is 8.06. The van der Waals surface area contributed by atoms with E-state index in [1.54, 1.807) is 0 Å². The minimum absolute atomic E-state index is 0.188. The van der Waals surface area contributed by atoms with E-state index in [9.17, 15) is 13.9 Å². The van der Waals surface area contributed by atoms with Crippen molar-refractivity contribution in [2.24, 2.45) is 0 Å². The molecule has 0 aliphatic heterocycles. The fourth-order valence-corrected chi connectivity index (χ4v) is 1.82. The minimum atomic E-state index is -0.749. The standard InChI is InChI=1S/C13H18F2O2/c1-3-13(17-4-2)12(16)7-9-5-10(14)8-11(15)6-9/h5-6,8,12-13,16H,3-4,7H2,1-2H3. The van der Waals surface area contributed by atoms with E-state index in [4.69, 9.17) is 4.74 Å². The van der Waals surface area contributed by atoms with E-state index >= 15 is 0 Å². The molecule has 0 bridgehead atoms. The van der Waals surface area contributed by atoms with Crippen LogP contribution in [-0.4, -0.2) is 23.9 Å². The molecule has 0 aliphatic carbocycles. The Morgan fingerprint density at radius 2 is 1.76 bits per heavy atom. The Morgan fingerprint density at radius 1 is 1.18 bits per heavy atom. The van der Waals surface area contributed by atoms with Crippen molar-refractivity contribution >= 4 is 0 Å². The number of halogens is 2. The summed E-state index contributed by atoms with van der Waals surface area (Å²) >= 11 is 0. The van der Waals surface area contributed by atoms with Gasteiger partial charge in [-0.05, 0) is 31.0 Å². The molecular formula is C13H18F2O2. The predicted molar refractivity (Wildman–Crippen MR) is 61.8 cm³/mol. The van der Waals surface area contributed by atoms with Crippen LogP contribution in [0.15, 0.2) is 18.2 Å². The monoisotopic (exact) mass is 244 g/mol. The van der Waals surface area contributed by atoms with Crippen molar-refractivity contribution in [3.8, 4) is 0 Å². The third kappa shape index (κ3) is 4.40. The molecule has 1 aromatic rings. The van der Waals surface area contributed by atoms with Gasteiger partial charge in [0.05, 0.1) is 12.2 Å². The average Bonchev–Trinajstić information content (AvgIpc) is 2.24. The van der Waals surface area contributed by atoms with E-state index in [1.165, 1.54) is 12.1 Å². The molecule has 17 heavy (non-hydrogen) atoms. The molecule has 2 atom stereocenters. The molecule has 0 aliphatic rings. The molecule has 0 aromatic heterocycles. The highest BCUT2D eigenvalue weighted by Crippen LogP contribution is 2.14. The second-order valence-electron chi connectivity index (χ2n) is 3.95. The molecule has 0 spiro atoms. The summed E-state index contributed by atoms with van der Waals surface area (Å²) in [5, 5.41) is 9.91. The summed E-state index contributed by atoms with van der Waals surface area (Å²) in [6, 6.07) is 3.27. The van der Waals surface area contributed by atoms with Crippen LogP contribution in [0.5, 0.6) is 0 Å². The fourth-order valence-electron chi connectivity index (χ4n) is 1.82. The summed E-state index contributed by atoms with van der Waals surface area (Å²) in [5.74, 6) is -1.26. The number of benzene rings is 1. The van der Waals surface area contributed by atoms with Crippen molar-refractivity contribution in [3.05, 3.63) is 35.4 Å². The van der Waals surface area contributed by atoms with Crippen molar-refractivity contribution < 1.29 is 18.6 Å². The number of aliphatic hydroxyl groups excluding tert-OH is 1. The van der Waals surface area contributed by atoms with Crippen LogP contribution in [0.3, 0.4) is 0 Å². The van der Waals surface area contributed by atoms with Crippen LogP contribution >= 0.6 is 0 Å². The Kier molecular flexibility index (Phi) is 5.51. The number of aliphatic hydroxyl groups is 1. The maximum Gasteiger partial charge on any atom is 0.126 e. The van der Waals surface area contributed by atoms with E-state index in [-0.39, 0.29) is 12.5 Å². The van der Waals surface area contributed by atoms with Crippen molar-refractivity contribution in [2.45, 2.75) is 38.9 Å². The Labute approximate surface area is 100 Å². The van der Waals surface area contributed by atoms with Gasteiger partial charge in [-0.3, -0.25) is 0 Å². The lowest BCUT2D eigenvalue weighted by molar-refractivity contribution is -0.0335. The predicted octanol–water partition coefficient (Wildman–Crippen LogP) is 2.68. The zero-order valence-electron chi connectivity index (χ0n) is 10.1. The summed E-state index contributed by atoms with van der Waals surface area (Å²) in [6.45, 7) is 4.25. The van der Waals surface area contributed by atoms with Crippen molar-refractivity contribution in [1.82, 2.24) is 0 Å². The molecule has 2 nitrogen and oxygen atoms in total. The van der Waals surface area contributed by atoms with Gasteiger partial charge in [0.2, 0.25) is 0 Å². The third-order valence-corrected chi connectivity index (χ3v) is 2.58. The van der Waals surface area contributed by atoms with Gasteiger partial charge < -0.3 is 9.84 Å². The van der Waals surface area contributed by atoms with E-state index in [0.29, 0.717) is 18.6 Å². The molecule has 1 aromatic carbocycles. The summed E-state index contributed by atoms with van der Waals surface area (Å²) in [7, 11) is 0. The summed E-state index contributed by atoms with van der Waals surface area (Å²) < 4.78 is 31.3. The third-order valence-electron chi connectivity index (χ3n) is 2.58. The van der Waals surface area contributed by atoms with E-state index < -0.39 is 17.7 Å². The van der Waals surface area contributed by atoms with Gasteiger partial charge in [0.1, 0.15) is 11.6 Å². The Morgan fingerprint density at radius 3 is 2.24 bits per heavy atom. The number of hydrogen-bond acceptors (Lipinski definition) is 2. The molecule has 0 amide bonds. The Hall–Kier alpha value is -1.00. The zero-order chi connectivity index (χ0) is 12.8. The van der Waals surface area contributed by atoms with Gasteiger partial charge in [0, 0.05) is 19.1 Å². The highest BCUT2D eigenvalue weighted by Gasteiger charge is 2.18. The Balaban J connectivity index is 2.68. The second kappa shape index (κ2) is 6.67. The van der Waals surface area contributed by atoms with Gasteiger partial charge in [0.25, 0.3) is 0 Å². The Bertz CT molecular complexity index is 335. The zero-order valence-corrected chi connectivity index (χ0v) is 10.1. The normalized spacial score (nSPS) is 14.6. The van der Waals surface area contributed by atoms with Gasteiger partial charge in [-0.2, -0.15) is 0 Å². The summed E-state index contributed by atoms with van der Waals surface area (Å²) in [6.07, 6.45) is -0.201. The summed E-state index contributed by atoms with van der Waals surface area (Å²) in [4.78, 5) is 0. The van der Waals surface area contributed by atoms with E-state index in [2.05, 4.69) is 0 Å². The highest BCUT2D eigenvalue weighted by molar-refractivity contribution is 5.18. The van der Waals surface area contributed by atoms with Crippen LogP contribution in [0.4, 0.5) is 8.78 Å². The van der Waals surface area contributed by atoms with Gasteiger partial charge in [0.15, 0.2) is 0 Å². The number of rotatable bonds is 6. The lowest BCUT2D eigenvalue weighted by Crippen LogP contribution is -2.30. The molecule has 0 saturated carbocycles. The lowest BCUT2D eigenvalue weighted by Gasteiger charge is -2.21. The van der Waals surface area contributed by atoms with Crippen LogP contribution in [0.2, 0.25) is 0 Å². The minimum Gasteiger partial charge on any atom is -0.390 e. The number of ether oxygens (including phenoxy) is 1. The van der Waals surface area contributed by atoms with Crippen LogP contribution in [0, 0.1) is 11.6 Å². The molecule has 1 rings (SSSR count).